The molecule has 0 spiro atoms. The molecule has 0 bridgehead atoms. The van der Waals surface area contributed by atoms with Gasteiger partial charge in [-0.2, -0.15) is 13.2 Å². The summed E-state index contributed by atoms with van der Waals surface area (Å²) in [5, 5.41) is 9.46. The van der Waals surface area contributed by atoms with Gasteiger partial charge in [0.25, 0.3) is 0 Å². The van der Waals surface area contributed by atoms with Gasteiger partial charge in [-0.1, -0.05) is 24.3 Å². The number of hydrogen-bond donors (Lipinski definition) is 2. The summed E-state index contributed by atoms with van der Waals surface area (Å²) in [6, 6.07) is 11.5. The number of alkyl halides is 3. The molecule has 2 aromatic rings. The number of phenolic OH excluding ortho intramolecular Hbond substituents is 1. The van der Waals surface area contributed by atoms with Gasteiger partial charge in [0.05, 0.1) is 12.2 Å². The zero-order valence-electron chi connectivity index (χ0n) is 11.7. The van der Waals surface area contributed by atoms with Gasteiger partial charge in [-0.3, -0.25) is 0 Å². The van der Waals surface area contributed by atoms with Gasteiger partial charge < -0.3 is 15.6 Å². The van der Waals surface area contributed by atoms with E-state index >= 15 is 0 Å². The first-order valence-corrected chi connectivity index (χ1v) is 6.70. The number of nitrogens with two attached hydrogens (primary N) is 1. The summed E-state index contributed by atoms with van der Waals surface area (Å²) >= 11 is 0. The number of ether oxygens (including phenoxy) is 1. The average molecular weight is 311 g/mol. The fraction of sp³-hybridized carbons (Fsp3) is 0.250. The van der Waals surface area contributed by atoms with Crippen molar-refractivity contribution in [2.45, 2.75) is 12.1 Å². The van der Waals surface area contributed by atoms with Gasteiger partial charge in [-0.05, 0) is 29.8 Å². The molecule has 3 N–H and O–H groups in total. The molecule has 0 aromatic heterocycles. The zero-order valence-corrected chi connectivity index (χ0v) is 11.7. The maximum atomic E-state index is 12.9. The molecule has 22 heavy (non-hydrogen) atoms. The Labute approximate surface area is 126 Å². The molecule has 0 aliphatic heterocycles. The van der Waals surface area contributed by atoms with Crippen molar-refractivity contribution < 1.29 is 23.0 Å². The van der Waals surface area contributed by atoms with E-state index in [0.717, 1.165) is 6.07 Å². The molecule has 6 heteroatoms. The monoisotopic (exact) mass is 311 g/mol. The van der Waals surface area contributed by atoms with Crippen molar-refractivity contribution in [3.05, 3.63) is 59.7 Å². The number of para-hydroxylation sites is 1. The Kier molecular flexibility index (Phi) is 4.92. The van der Waals surface area contributed by atoms with Crippen molar-refractivity contribution in [1.29, 1.82) is 0 Å². The minimum absolute atomic E-state index is 0.00690. The topological polar surface area (TPSA) is 55.5 Å². The van der Waals surface area contributed by atoms with Crippen molar-refractivity contribution in [1.82, 2.24) is 0 Å². The van der Waals surface area contributed by atoms with Crippen LogP contribution in [0, 0.1) is 0 Å². The number of aromatic hydroxyl groups is 1. The van der Waals surface area contributed by atoms with Crippen LogP contribution in [0.25, 0.3) is 0 Å². The van der Waals surface area contributed by atoms with Gasteiger partial charge in [0.15, 0.2) is 0 Å². The van der Waals surface area contributed by atoms with Crippen molar-refractivity contribution in [2.75, 3.05) is 13.2 Å². The van der Waals surface area contributed by atoms with E-state index in [4.69, 9.17) is 10.5 Å². The number of phenols is 1. The van der Waals surface area contributed by atoms with E-state index in [1.54, 1.807) is 12.1 Å². The first kappa shape index (κ1) is 16.2. The van der Waals surface area contributed by atoms with Crippen molar-refractivity contribution in [2.24, 2.45) is 5.73 Å². The molecule has 0 heterocycles. The standard InChI is InChI=1S/C16H16F3NO2/c17-16(18,19)14-6-1-2-7-15(14)22-10-12(9-20)11-4-3-5-13(21)8-11/h1-8,12,21H,9-10,20H2. The van der Waals surface area contributed by atoms with Crippen LogP contribution in [0.4, 0.5) is 13.2 Å². The van der Waals surface area contributed by atoms with Gasteiger partial charge in [-0.25, -0.2) is 0 Å². The van der Waals surface area contributed by atoms with E-state index in [1.807, 2.05) is 0 Å². The van der Waals surface area contributed by atoms with Crippen LogP contribution in [0.3, 0.4) is 0 Å². The van der Waals surface area contributed by atoms with E-state index in [1.165, 1.54) is 30.3 Å². The summed E-state index contributed by atoms with van der Waals surface area (Å²) in [7, 11) is 0. The first-order chi connectivity index (χ1) is 10.4. The largest absolute Gasteiger partial charge is 0.508 e. The Balaban J connectivity index is 2.15. The molecule has 0 radical (unpaired) electrons. The Morgan fingerprint density at radius 1 is 1.09 bits per heavy atom. The predicted molar refractivity (Wildman–Crippen MR) is 76.8 cm³/mol. The third-order valence-electron chi connectivity index (χ3n) is 3.26. The van der Waals surface area contributed by atoms with Gasteiger partial charge in [0.1, 0.15) is 11.5 Å². The van der Waals surface area contributed by atoms with Crippen molar-refractivity contribution in [3.8, 4) is 11.5 Å². The molecule has 3 nitrogen and oxygen atoms in total. The molecule has 0 aliphatic carbocycles. The molecular formula is C16H16F3NO2. The molecule has 0 saturated carbocycles. The molecule has 0 aliphatic rings. The van der Waals surface area contributed by atoms with Crippen LogP contribution < -0.4 is 10.5 Å². The molecule has 1 atom stereocenters. The number of hydrogen-bond acceptors (Lipinski definition) is 3. The first-order valence-electron chi connectivity index (χ1n) is 6.70. The highest BCUT2D eigenvalue weighted by molar-refractivity contribution is 5.36. The molecule has 0 fully saturated rings. The highest BCUT2D eigenvalue weighted by Gasteiger charge is 2.34. The van der Waals surface area contributed by atoms with Crippen LogP contribution in [0.5, 0.6) is 11.5 Å². The van der Waals surface area contributed by atoms with Crippen LogP contribution in [0.15, 0.2) is 48.5 Å². The molecule has 1 unspecified atom stereocenters. The van der Waals surface area contributed by atoms with Crippen LogP contribution in [-0.4, -0.2) is 18.3 Å². The minimum Gasteiger partial charge on any atom is -0.508 e. The summed E-state index contributed by atoms with van der Waals surface area (Å²) in [6.45, 7) is 0.185. The van der Waals surface area contributed by atoms with Gasteiger partial charge >= 0.3 is 6.18 Å². The molecular weight excluding hydrogens is 295 g/mol. The second-order valence-corrected chi connectivity index (χ2v) is 4.83. The van der Waals surface area contributed by atoms with Gasteiger partial charge in [-0.15, -0.1) is 0 Å². The van der Waals surface area contributed by atoms with Crippen molar-refractivity contribution in [3.63, 3.8) is 0 Å². The minimum atomic E-state index is -4.47. The summed E-state index contributed by atoms with van der Waals surface area (Å²) < 4.78 is 44.0. The van der Waals surface area contributed by atoms with E-state index in [9.17, 15) is 18.3 Å². The number of rotatable bonds is 5. The second-order valence-electron chi connectivity index (χ2n) is 4.83. The number of benzene rings is 2. The Morgan fingerprint density at radius 2 is 1.82 bits per heavy atom. The highest BCUT2D eigenvalue weighted by Crippen LogP contribution is 2.36. The Hall–Kier alpha value is -2.21. The van der Waals surface area contributed by atoms with Crippen LogP contribution in [-0.2, 0) is 6.18 Å². The lowest BCUT2D eigenvalue weighted by Gasteiger charge is -2.19. The third-order valence-corrected chi connectivity index (χ3v) is 3.26. The Morgan fingerprint density at radius 3 is 2.45 bits per heavy atom. The van der Waals surface area contributed by atoms with E-state index in [2.05, 4.69) is 0 Å². The fourth-order valence-corrected chi connectivity index (χ4v) is 2.10. The lowest BCUT2D eigenvalue weighted by Crippen LogP contribution is -2.20. The normalized spacial score (nSPS) is 12.9. The second kappa shape index (κ2) is 6.70. The third kappa shape index (κ3) is 3.92. The maximum Gasteiger partial charge on any atom is 0.419 e. The van der Waals surface area contributed by atoms with E-state index < -0.39 is 11.7 Å². The van der Waals surface area contributed by atoms with Gasteiger partial charge in [0, 0.05) is 12.5 Å². The molecule has 118 valence electrons. The van der Waals surface area contributed by atoms with E-state index in [-0.39, 0.29) is 30.6 Å². The molecule has 2 aromatic carbocycles. The highest BCUT2D eigenvalue weighted by atomic mass is 19.4. The lowest BCUT2D eigenvalue weighted by atomic mass is 10.00. The average Bonchev–Trinajstić information content (AvgIpc) is 2.47. The summed E-state index contributed by atoms with van der Waals surface area (Å²) in [4.78, 5) is 0. The smallest absolute Gasteiger partial charge is 0.419 e. The van der Waals surface area contributed by atoms with Crippen molar-refractivity contribution >= 4 is 0 Å². The van der Waals surface area contributed by atoms with Crippen LogP contribution in [0.2, 0.25) is 0 Å². The van der Waals surface area contributed by atoms with Crippen LogP contribution >= 0.6 is 0 Å². The fourth-order valence-electron chi connectivity index (χ4n) is 2.10. The van der Waals surface area contributed by atoms with E-state index in [0.29, 0.717) is 5.56 Å². The summed E-state index contributed by atoms with van der Waals surface area (Å²) in [5.74, 6) is -0.464. The van der Waals surface area contributed by atoms with Crippen LogP contribution in [0.1, 0.15) is 17.0 Å². The summed E-state index contributed by atoms with van der Waals surface area (Å²) in [6.07, 6.45) is -4.47. The predicted octanol–water partition coefficient (Wildman–Crippen LogP) is 3.53. The maximum absolute atomic E-state index is 12.9. The zero-order chi connectivity index (χ0) is 16.2. The quantitative estimate of drug-likeness (QED) is 0.888. The summed E-state index contributed by atoms with van der Waals surface area (Å²) in [5.41, 5.74) is 5.56. The number of halogens is 3. The molecule has 0 amide bonds. The SMILES string of the molecule is NCC(COc1ccccc1C(F)(F)F)c1cccc(O)c1. The lowest BCUT2D eigenvalue weighted by molar-refractivity contribution is -0.139. The molecule has 2 rings (SSSR count). The van der Waals surface area contributed by atoms with Gasteiger partial charge in [0.2, 0.25) is 0 Å². The molecule has 0 saturated heterocycles. The Bertz CT molecular complexity index is 629.